The molecule has 1 saturated heterocycles. The first-order valence-corrected chi connectivity index (χ1v) is 17.3. The zero-order valence-corrected chi connectivity index (χ0v) is 28.4. The molecule has 47 heavy (non-hydrogen) atoms. The molecule has 3 N–H and O–H groups in total. The minimum absolute atomic E-state index is 0.130. The fourth-order valence-electron chi connectivity index (χ4n) is 4.72. The van der Waals surface area contributed by atoms with E-state index in [2.05, 4.69) is 21.2 Å². The molecule has 17 heteroatoms. The number of nitrogens with two attached hydrogens (primary N) is 1. The van der Waals surface area contributed by atoms with E-state index in [1.165, 1.54) is 24.9 Å². The van der Waals surface area contributed by atoms with Crippen molar-refractivity contribution in [2.45, 2.75) is 58.0 Å². The number of carbonyl (C=O) groups is 3. The van der Waals surface area contributed by atoms with Gasteiger partial charge in [0.1, 0.15) is 36.3 Å². The number of methoxy groups -OCH3 is 1. The van der Waals surface area contributed by atoms with E-state index in [0.717, 1.165) is 0 Å². The van der Waals surface area contributed by atoms with Crippen molar-refractivity contribution in [1.82, 2.24) is 19.7 Å². The summed E-state index contributed by atoms with van der Waals surface area (Å²) in [5.41, 5.74) is 2.62. The summed E-state index contributed by atoms with van der Waals surface area (Å²) in [7, 11) is 1.22. The van der Waals surface area contributed by atoms with E-state index in [9.17, 15) is 19.6 Å². The Morgan fingerprint density at radius 3 is 2.43 bits per heavy atom. The monoisotopic (exact) mass is 688 g/mol. The van der Waals surface area contributed by atoms with Crippen LogP contribution >= 0.6 is 6.64 Å². The summed E-state index contributed by atoms with van der Waals surface area (Å²) in [6.45, 7) is 3.19. The van der Waals surface area contributed by atoms with Crippen LogP contribution < -0.4 is 15.3 Å². The number of hydrogen-bond donors (Lipinski definition) is 2. The fourth-order valence-corrected chi connectivity index (χ4v) is 7.13. The number of para-hydroxylation sites is 1. The van der Waals surface area contributed by atoms with Crippen molar-refractivity contribution < 1.29 is 42.4 Å². The highest BCUT2D eigenvalue weighted by Crippen LogP contribution is 2.51. The summed E-state index contributed by atoms with van der Waals surface area (Å²) in [4.78, 5) is 42.9. The summed E-state index contributed by atoms with van der Waals surface area (Å²) in [5.74, 6) is -2.85. The minimum atomic E-state index is -3.68. The Balaban J connectivity index is 1.85. The van der Waals surface area contributed by atoms with Gasteiger partial charge in [-0.05, 0) is 43.0 Å². The molecule has 1 unspecified atom stereocenters. The van der Waals surface area contributed by atoms with E-state index >= 15 is 0 Å². The number of rotatable bonds is 13. The number of aromatic nitrogens is 3. The second kappa shape index (κ2) is 14.3. The highest BCUT2D eigenvalue weighted by molar-refractivity contribution is 8.09. The number of benzene rings is 1. The van der Waals surface area contributed by atoms with Crippen molar-refractivity contribution in [3.05, 3.63) is 54.5 Å². The van der Waals surface area contributed by atoms with Gasteiger partial charge in [0, 0.05) is 0 Å². The predicted molar refractivity (Wildman–Crippen MR) is 171 cm³/mol. The Bertz CT molecular complexity index is 1710. The van der Waals surface area contributed by atoms with Gasteiger partial charge in [-0.15, -0.1) is 0 Å². The molecule has 0 aliphatic carbocycles. The van der Waals surface area contributed by atoms with Crippen LogP contribution in [0.5, 0.6) is 5.75 Å². The van der Waals surface area contributed by atoms with E-state index in [1.807, 2.05) is 0 Å². The first-order valence-electron chi connectivity index (χ1n) is 14.6. The molecule has 0 saturated carbocycles. The molecule has 4 rings (SSSR count). The zero-order chi connectivity index (χ0) is 34.6. The van der Waals surface area contributed by atoms with Gasteiger partial charge in [0.2, 0.25) is 11.2 Å². The van der Waals surface area contributed by atoms with Crippen LogP contribution in [0.4, 0.5) is 5.82 Å². The molecule has 0 bridgehead atoms. The number of nitrogens with one attached hydrogen (secondary N) is 1. The second-order valence-electron chi connectivity index (χ2n) is 11.4. The van der Waals surface area contributed by atoms with Crippen LogP contribution in [0.15, 0.2) is 48.8 Å². The SMILES string of the molecule is COC(=O)[C@H](C)NP(=S)(OC[C@@]1(C#N)OC[C@](OC(=O)C(C)C)(c2ccc3c(N)ncnn23)[C@@H]1OC(=O)C(C)C)Oc1ccccc1. The lowest BCUT2D eigenvalue weighted by molar-refractivity contribution is -0.191. The third-order valence-corrected chi connectivity index (χ3v) is 9.76. The van der Waals surface area contributed by atoms with Gasteiger partial charge in [-0.2, -0.15) is 10.4 Å². The first kappa shape index (κ1) is 35.7. The quantitative estimate of drug-likeness (QED) is 0.151. The van der Waals surface area contributed by atoms with E-state index in [4.69, 9.17) is 45.5 Å². The molecular weight excluding hydrogens is 651 g/mol. The molecule has 15 nitrogen and oxygen atoms in total. The van der Waals surface area contributed by atoms with Gasteiger partial charge in [0.25, 0.3) is 0 Å². The van der Waals surface area contributed by atoms with Crippen molar-refractivity contribution in [2.75, 3.05) is 26.1 Å². The minimum Gasteiger partial charge on any atom is -0.468 e. The first-order chi connectivity index (χ1) is 22.2. The van der Waals surface area contributed by atoms with Gasteiger partial charge in [0.15, 0.2) is 11.9 Å². The normalized spacial score (nSPS) is 22.7. The van der Waals surface area contributed by atoms with Gasteiger partial charge in [-0.3, -0.25) is 14.4 Å². The molecule has 0 spiro atoms. The average Bonchev–Trinajstić information content (AvgIpc) is 3.61. The smallest absolute Gasteiger partial charge is 0.323 e. The van der Waals surface area contributed by atoms with Crippen LogP contribution in [0.2, 0.25) is 0 Å². The van der Waals surface area contributed by atoms with Crippen molar-refractivity contribution >= 4 is 47.7 Å². The Morgan fingerprint density at radius 2 is 1.81 bits per heavy atom. The molecule has 1 aliphatic rings. The Kier molecular flexibility index (Phi) is 10.9. The van der Waals surface area contributed by atoms with Crippen LogP contribution in [0.25, 0.3) is 5.52 Å². The van der Waals surface area contributed by atoms with E-state index in [-0.39, 0.29) is 11.5 Å². The molecule has 252 valence electrons. The standard InChI is InChI=1S/C30H37N6O9PS/c1-18(2)25(37)43-28-29(14-31,15-42-46(47,35-20(5)27(39)40-6)45-21-10-8-7-9-11-21)41-16-30(28,44-26(38)19(3)4)23-13-12-22-24(32)33-17-34-36(22)23/h7-13,17-20,28H,15-16H2,1-6H3,(H,35,47)(H2,32,33,34)/t20-,28+,29+,30-,46?/m0/s1. The highest BCUT2D eigenvalue weighted by Gasteiger charge is 2.67. The van der Waals surface area contributed by atoms with Crippen molar-refractivity contribution in [1.29, 1.82) is 5.26 Å². The lowest BCUT2D eigenvalue weighted by Crippen LogP contribution is -2.55. The average molecular weight is 689 g/mol. The van der Waals surface area contributed by atoms with Crippen LogP contribution in [-0.4, -0.2) is 70.6 Å². The molecule has 3 heterocycles. The molecule has 0 radical (unpaired) electrons. The van der Waals surface area contributed by atoms with Gasteiger partial charge in [-0.1, -0.05) is 45.9 Å². The lowest BCUT2D eigenvalue weighted by atomic mass is 9.85. The summed E-state index contributed by atoms with van der Waals surface area (Å²) >= 11 is 5.80. The number of carbonyl (C=O) groups excluding carboxylic acids is 3. The number of ether oxygens (including phenoxy) is 4. The number of nitrogen functional groups attached to an aromatic ring is 1. The second-order valence-corrected chi connectivity index (χ2v) is 14.6. The number of anilines is 1. The summed E-state index contributed by atoms with van der Waals surface area (Å²) in [5, 5.41) is 17.9. The molecule has 5 atom stereocenters. The van der Waals surface area contributed by atoms with Gasteiger partial charge in [-0.25, -0.2) is 14.6 Å². The van der Waals surface area contributed by atoms with Crippen LogP contribution in [0.3, 0.4) is 0 Å². The largest absolute Gasteiger partial charge is 0.468 e. The number of esters is 3. The highest BCUT2D eigenvalue weighted by atomic mass is 32.5. The molecule has 3 aromatic rings. The Labute approximate surface area is 276 Å². The maximum atomic E-state index is 13.3. The topological polar surface area (TPSA) is 199 Å². The molecule has 1 fully saturated rings. The number of nitriles is 1. The molecule has 0 amide bonds. The number of hydrogen-bond acceptors (Lipinski definition) is 14. The van der Waals surface area contributed by atoms with E-state index in [0.29, 0.717) is 11.3 Å². The summed E-state index contributed by atoms with van der Waals surface area (Å²) < 4.78 is 36.8. The Morgan fingerprint density at radius 1 is 1.13 bits per heavy atom. The number of nitrogens with zero attached hydrogens (tertiary/aromatic N) is 4. The van der Waals surface area contributed by atoms with Crippen LogP contribution in [0, 0.1) is 23.2 Å². The van der Waals surface area contributed by atoms with E-state index < -0.39 is 72.9 Å². The van der Waals surface area contributed by atoms with Crippen LogP contribution in [0.1, 0.15) is 40.3 Å². The maximum Gasteiger partial charge on any atom is 0.323 e. The summed E-state index contributed by atoms with van der Waals surface area (Å²) in [6.07, 6.45) is -0.411. The molecule has 1 aromatic carbocycles. The molecule has 1 aliphatic heterocycles. The van der Waals surface area contributed by atoms with Gasteiger partial charge < -0.3 is 33.7 Å². The lowest BCUT2D eigenvalue weighted by Gasteiger charge is -2.37. The van der Waals surface area contributed by atoms with Crippen molar-refractivity contribution in [3.8, 4) is 11.8 Å². The summed E-state index contributed by atoms with van der Waals surface area (Å²) in [6, 6.07) is 12.8. The van der Waals surface area contributed by atoms with Gasteiger partial charge >= 0.3 is 24.6 Å². The molecular formula is C30H37N6O9PS. The van der Waals surface area contributed by atoms with Crippen molar-refractivity contribution in [3.63, 3.8) is 0 Å². The van der Waals surface area contributed by atoms with Gasteiger partial charge in [0.05, 0.1) is 31.2 Å². The fraction of sp³-hybridized carbons (Fsp3) is 0.467. The van der Waals surface area contributed by atoms with Crippen molar-refractivity contribution in [2.24, 2.45) is 11.8 Å². The Hall–Kier alpha value is -4.13. The third-order valence-electron chi connectivity index (χ3n) is 7.28. The predicted octanol–water partition coefficient (Wildman–Crippen LogP) is 3.04. The third kappa shape index (κ3) is 7.39. The number of fused-ring (bicyclic) bond motifs is 1. The van der Waals surface area contributed by atoms with Crippen LogP contribution in [-0.2, 0) is 55.3 Å². The zero-order valence-electron chi connectivity index (χ0n) is 26.7. The van der Waals surface area contributed by atoms with E-state index in [1.54, 1.807) is 70.2 Å². The maximum absolute atomic E-state index is 13.3. The molecule has 2 aromatic heterocycles.